The van der Waals surface area contributed by atoms with Gasteiger partial charge in [0.15, 0.2) is 5.96 Å². The molecule has 4 fully saturated rings. The van der Waals surface area contributed by atoms with E-state index >= 15 is 0 Å². The summed E-state index contributed by atoms with van der Waals surface area (Å²) in [6.45, 7) is 4.75. The third-order valence-electron chi connectivity index (χ3n) is 8.55. The lowest BCUT2D eigenvalue weighted by Gasteiger charge is -2.38. The zero-order chi connectivity index (χ0) is 25.9. The fraction of sp³-hybridized carbons (Fsp3) is 0.679. The van der Waals surface area contributed by atoms with Gasteiger partial charge in [-0.05, 0) is 68.6 Å². The van der Waals surface area contributed by atoms with Crippen molar-refractivity contribution in [1.29, 1.82) is 0 Å². The van der Waals surface area contributed by atoms with Crippen LogP contribution in [-0.2, 0) is 20.3 Å². The number of nitrogens with zero attached hydrogens (tertiary/aromatic N) is 3. The molecule has 1 amide bonds. The minimum absolute atomic E-state index is 0.00372. The number of carbonyl (C=O) groups is 1. The smallest absolute Gasteiger partial charge is 0.251 e. The van der Waals surface area contributed by atoms with E-state index in [9.17, 15) is 9.00 Å². The second kappa shape index (κ2) is 11.8. The molecule has 4 saturated heterocycles. The van der Waals surface area contributed by atoms with Gasteiger partial charge in [-0.3, -0.25) is 14.0 Å². The first-order chi connectivity index (χ1) is 18.6. The topological polar surface area (TPSA) is 105 Å². The van der Waals surface area contributed by atoms with Crippen molar-refractivity contribution >= 4 is 28.5 Å². The molecular weight excluding hydrogens is 502 g/mol. The minimum Gasteiger partial charge on any atom is -0.381 e. The average molecular weight is 542 g/mol. The summed E-state index contributed by atoms with van der Waals surface area (Å²) < 4.78 is 23.7. The highest BCUT2D eigenvalue weighted by atomic mass is 32.2. The maximum Gasteiger partial charge on any atom is 0.251 e. The van der Waals surface area contributed by atoms with E-state index in [1.165, 1.54) is 5.56 Å². The monoisotopic (exact) mass is 541 g/mol. The fourth-order valence-electron chi connectivity index (χ4n) is 6.22. The molecule has 10 heteroatoms. The van der Waals surface area contributed by atoms with Crippen LogP contribution in [0, 0.1) is 0 Å². The van der Waals surface area contributed by atoms with Gasteiger partial charge in [0.1, 0.15) is 11.1 Å². The van der Waals surface area contributed by atoms with Crippen LogP contribution in [0.2, 0.25) is 0 Å². The minimum atomic E-state index is -0.916. The second-order valence-corrected chi connectivity index (χ2v) is 12.7. The predicted octanol–water partition coefficient (Wildman–Crippen LogP) is 2.20. The van der Waals surface area contributed by atoms with Crippen LogP contribution in [0.5, 0.6) is 0 Å². The lowest BCUT2D eigenvalue weighted by Crippen LogP contribution is -2.56. The molecule has 2 N–H and O–H groups in total. The van der Waals surface area contributed by atoms with Crippen molar-refractivity contribution in [3.8, 4) is 0 Å². The Bertz CT molecular complexity index is 1070. The summed E-state index contributed by atoms with van der Waals surface area (Å²) in [6.07, 6.45) is 6.52. The molecule has 0 aromatic heterocycles. The van der Waals surface area contributed by atoms with Crippen molar-refractivity contribution < 1.29 is 18.5 Å². The van der Waals surface area contributed by atoms with E-state index < -0.39 is 10.8 Å². The molecule has 6 rings (SSSR count). The zero-order valence-electron chi connectivity index (χ0n) is 22.0. The summed E-state index contributed by atoms with van der Waals surface area (Å²) in [6, 6.07) is 8.66. The molecule has 206 valence electrons. The van der Waals surface area contributed by atoms with Gasteiger partial charge in [0.25, 0.3) is 5.91 Å². The third kappa shape index (κ3) is 5.82. The SMILES string of the molecule is O=C(NC1CCOCC1)c1ccc(C2CCN(C3=NC4CCS(=O)C4C(=NC4CCOCC4)N3)CC2)cc1. The maximum atomic E-state index is 12.8. The molecule has 3 unspecified atom stereocenters. The van der Waals surface area contributed by atoms with E-state index in [1.807, 2.05) is 12.1 Å². The van der Waals surface area contributed by atoms with Crippen LogP contribution in [0.3, 0.4) is 0 Å². The lowest BCUT2D eigenvalue weighted by molar-refractivity contribution is 0.0696. The Morgan fingerprint density at radius 3 is 2.37 bits per heavy atom. The summed E-state index contributed by atoms with van der Waals surface area (Å²) in [4.78, 5) is 25.1. The highest BCUT2D eigenvalue weighted by molar-refractivity contribution is 7.86. The Kier molecular flexibility index (Phi) is 8.08. The van der Waals surface area contributed by atoms with Gasteiger partial charge in [-0.2, -0.15) is 0 Å². The van der Waals surface area contributed by atoms with Gasteiger partial charge in [-0.15, -0.1) is 0 Å². The Balaban J connectivity index is 1.07. The number of guanidine groups is 1. The summed E-state index contributed by atoms with van der Waals surface area (Å²) in [5.41, 5.74) is 2.01. The standard InChI is InChI=1S/C28H39N5O4S/c34-27(30-23-9-16-37-17-10-23)21-3-1-19(2-4-21)20-5-12-33(13-6-20)28-31-24-11-18-38(35)25(24)26(32-28)29-22-7-14-36-15-8-22/h1-4,20,22-25H,5-18H2,(H,30,34)(H,29,31,32). The number of hydrogen-bond donors (Lipinski definition) is 2. The number of hydrogen-bond acceptors (Lipinski definition) is 7. The molecule has 5 heterocycles. The van der Waals surface area contributed by atoms with Crippen molar-refractivity contribution in [3.05, 3.63) is 35.4 Å². The van der Waals surface area contributed by atoms with Crippen LogP contribution >= 0.6 is 0 Å². The van der Waals surface area contributed by atoms with Crippen LogP contribution in [0.1, 0.15) is 66.8 Å². The number of benzene rings is 1. The Hall–Kier alpha value is -2.30. The molecule has 1 aromatic rings. The van der Waals surface area contributed by atoms with Crippen molar-refractivity contribution in [1.82, 2.24) is 15.5 Å². The molecule has 0 spiro atoms. The summed E-state index contributed by atoms with van der Waals surface area (Å²) in [5, 5.41) is 6.57. The number of ether oxygens (including phenoxy) is 2. The largest absolute Gasteiger partial charge is 0.381 e. The van der Waals surface area contributed by atoms with Crippen LogP contribution in [0.15, 0.2) is 34.3 Å². The number of nitrogens with one attached hydrogen (secondary N) is 2. The van der Waals surface area contributed by atoms with Crippen LogP contribution in [-0.4, -0.2) is 95.5 Å². The molecular formula is C28H39N5O4S. The fourth-order valence-corrected chi connectivity index (χ4v) is 7.87. The summed E-state index contributed by atoms with van der Waals surface area (Å²) in [5.74, 6) is 2.94. The molecule has 38 heavy (non-hydrogen) atoms. The van der Waals surface area contributed by atoms with Crippen molar-refractivity contribution in [3.63, 3.8) is 0 Å². The molecule has 0 aliphatic carbocycles. The van der Waals surface area contributed by atoms with Gasteiger partial charge in [0.2, 0.25) is 0 Å². The Labute approximate surface area is 227 Å². The first kappa shape index (κ1) is 26.0. The number of fused-ring (bicyclic) bond motifs is 1. The predicted molar refractivity (Wildman–Crippen MR) is 148 cm³/mol. The number of amides is 1. The lowest BCUT2D eigenvalue weighted by atomic mass is 9.89. The van der Waals surface area contributed by atoms with Crippen molar-refractivity contribution in [2.45, 2.75) is 74.2 Å². The van der Waals surface area contributed by atoms with E-state index in [1.54, 1.807) is 0 Å². The van der Waals surface area contributed by atoms with Gasteiger partial charge < -0.3 is 25.0 Å². The van der Waals surface area contributed by atoms with Crippen molar-refractivity contribution in [2.24, 2.45) is 9.98 Å². The molecule has 3 atom stereocenters. The second-order valence-electron chi connectivity index (χ2n) is 11.0. The summed E-state index contributed by atoms with van der Waals surface area (Å²) in [7, 11) is -0.916. The Morgan fingerprint density at radius 1 is 0.974 bits per heavy atom. The average Bonchev–Trinajstić information content (AvgIpc) is 3.35. The van der Waals surface area contributed by atoms with Crippen LogP contribution in [0.4, 0.5) is 0 Å². The normalized spacial score (nSPS) is 30.5. The molecule has 0 radical (unpaired) electrons. The van der Waals surface area contributed by atoms with Gasteiger partial charge in [-0.25, -0.2) is 4.99 Å². The van der Waals surface area contributed by atoms with Gasteiger partial charge >= 0.3 is 0 Å². The number of amidine groups is 1. The summed E-state index contributed by atoms with van der Waals surface area (Å²) >= 11 is 0. The maximum absolute atomic E-state index is 12.8. The first-order valence-corrected chi connectivity index (χ1v) is 15.6. The number of rotatable bonds is 4. The first-order valence-electron chi connectivity index (χ1n) is 14.2. The van der Waals surface area contributed by atoms with Gasteiger partial charge in [0.05, 0.1) is 12.1 Å². The van der Waals surface area contributed by atoms with E-state index in [0.717, 1.165) is 102 Å². The quantitative estimate of drug-likeness (QED) is 0.606. The van der Waals surface area contributed by atoms with Gasteiger partial charge in [-0.1, -0.05) is 12.1 Å². The Morgan fingerprint density at radius 2 is 1.66 bits per heavy atom. The van der Waals surface area contributed by atoms with Crippen LogP contribution in [0.25, 0.3) is 0 Å². The van der Waals surface area contributed by atoms with E-state index in [4.69, 9.17) is 19.5 Å². The van der Waals surface area contributed by atoms with E-state index in [2.05, 4.69) is 27.7 Å². The number of aliphatic imine (C=N–C) groups is 2. The molecule has 9 nitrogen and oxygen atoms in total. The molecule has 5 aliphatic heterocycles. The number of carbonyl (C=O) groups excluding carboxylic acids is 1. The van der Waals surface area contributed by atoms with Crippen LogP contribution < -0.4 is 10.6 Å². The molecule has 1 aromatic carbocycles. The number of likely N-dealkylation sites (tertiary alicyclic amines) is 1. The third-order valence-corrected chi connectivity index (χ3v) is 10.3. The number of piperidine rings is 1. The van der Waals surface area contributed by atoms with E-state index in [-0.39, 0.29) is 29.3 Å². The molecule has 0 bridgehead atoms. The van der Waals surface area contributed by atoms with Gasteiger partial charge in [0, 0.05) is 67.7 Å². The van der Waals surface area contributed by atoms with E-state index in [0.29, 0.717) is 11.7 Å². The zero-order valence-corrected chi connectivity index (χ0v) is 22.8. The highest BCUT2D eigenvalue weighted by Gasteiger charge is 2.42. The highest BCUT2D eigenvalue weighted by Crippen LogP contribution is 2.30. The molecule has 5 aliphatic rings. The molecule has 0 saturated carbocycles. The van der Waals surface area contributed by atoms with Crippen molar-refractivity contribution in [2.75, 3.05) is 45.3 Å².